The molecule has 0 amide bonds. The van der Waals surface area contributed by atoms with Gasteiger partial charge in [-0.05, 0) is 31.1 Å². The van der Waals surface area contributed by atoms with Crippen LogP contribution in [0.1, 0.15) is 47.5 Å². The highest BCUT2D eigenvalue weighted by Gasteiger charge is 2.36. The Labute approximate surface area is 93.9 Å². The fourth-order valence-electron chi connectivity index (χ4n) is 2.15. The van der Waals surface area contributed by atoms with E-state index in [-0.39, 0.29) is 11.3 Å². The molecule has 15 heavy (non-hydrogen) atoms. The van der Waals surface area contributed by atoms with Gasteiger partial charge in [-0.1, -0.05) is 39.3 Å². The number of hydrogen-bond donors (Lipinski definition) is 0. The molecule has 1 aliphatic rings. The van der Waals surface area contributed by atoms with Crippen molar-refractivity contribution in [3.63, 3.8) is 0 Å². The van der Waals surface area contributed by atoms with Crippen molar-refractivity contribution < 1.29 is 4.79 Å². The third-order valence-corrected chi connectivity index (χ3v) is 4.20. The molecule has 2 atom stereocenters. The van der Waals surface area contributed by atoms with E-state index < -0.39 is 0 Å². The third-order valence-electron chi connectivity index (χ3n) is 4.20. The van der Waals surface area contributed by atoms with Crippen molar-refractivity contribution in [3.8, 4) is 0 Å². The summed E-state index contributed by atoms with van der Waals surface area (Å²) in [6.07, 6.45) is 6.08. The predicted molar refractivity (Wildman–Crippen MR) is 64.4 cm³/mol. The maximum atomic E-state index is 11.9. The number of ketones is 1. The number of carbonyl (C=O) groups is 1. The van der Waals surface area contributed by atoms with Gasteiger partial charge in [0.25, 0.3) is 0 Å². The Balaban J connectivity index is 2.59. The van der Waals surface area contributed by atoms with Crippen molar-refractivity contribution in [2.24, 2.45) is 17.3 Å². The van der Waals surface area contributed by atoms with Crippen LogP contribution in [0.4, 0.5) is 0 Å². The van der Waals surface area contributed by atoms with Crippen molar-refractivity contribution in [2.75, 3.05) is 0 Å². The lowest BCUT2D eigenvalue weighted by molar-refractivity contribution is -0.123. The van der Waals surface area contributed by atoms with Gasteiger partial charge in [0.05, 0.1) is 0 Å². The summed E-state index contributed by atoms with van der Waals surface area (Å²) in [5, 5.41) is 0. The number of Topliss-reactive ketones (excluding diaryl/α,β-unsaturated/α-hetero) is 1. The van der Waals surface area contributed by atoms with Crippen LogP contribution in [-0.2, 0) is 4.79 Å². The number of rotatable bonds is 4. The molecule has 0 aliphatic heterocycles. The van der Waals surface area contributed by atoms with E-state index >= 15 is 0 Å². The lowest BCUT2D eigenvalue weighted by Crippen LogP contribution is -2.25. The quantitative estimate of drug-likeness (QED) is 0.641. The maximum Gasteiger partial charge on any atom is 0.136 e. The minimum Gasteiger partial charge on any atom is -0.299 e. The van der Waals surface area contributed by atoms with Gasteiger partial charge in [-0.2, -0.15) is 0 Å². The third kappa shape index (κ3) is 2.50. The Hall–Kier alpha value is -0.590. The molecule has 0 aromatic rings. The number of hydrogen-bond acceptors (Lipinski definition) is 1. The van der Waals surface area contributed by atoms with E-state index in [2.05, 4.69) is 26.8 Å². The molecule has 1 heteroatoms. The summed E-state index contributed by atoms with van der Waals surface area (Å²) in [6, 6.07) is 0. The zero-order valence-electron chi connectivity index (χ0n) is 10.6. The molecular weight excluding hydrogens is 184 g/mol. The van der Waals surface area contributed by atoms with Gasteiger partial charge < -0.3 is 0 Å². The summed E-state index contributed by atoms with van der Waals surface area (Å²) in [7, 11) is 0. The van der Waals surface area contributed by atoms with E-state index in [1.807, 2.05) is 20.3 Å². The first-order chi connectivity index (χ1) is 6.89. The molecule has 1 radical (unpaired) electrons. The van der Waals surface area contributed by atoms with Crippen LogP contribution in [0.3, 0.4) is 0 Å². The molecule has 1 aliphatic carbocycles. The van der Waals surface area contributed by atoms with Gasteiger partial charge in [-0.15, -0.1) is 0 Å². The maximum absolute atomic E-state index is 11.9. The van der Waals surface area contributed by atoms with Crippen LogP contribution in [0.5, 0.6) is 0 Å². The van der Waals surface area contributed by atoms with E-state index in [4.69, 9.17) is 0 Å². The lowest BCUT2D eigenvalue weighted by Gasteiger charge is -2.29. The summed E-state index contributed by atoms with van der Waals surface area (Å²) in [5.74, 6) is 1.01. The standard InChI is InChI=1S/C14H23O/c1-6-10(2)13(15)9-12-8-7-11(3)14(12,4)5/h6-7,10,12H,8-9H2,1-5H3. The van der Waals surface area contributed by atoms with Gasteiger partial charge >= 0.3 is 0 Å². The van der Waals surface area contributed by atoms with Gasteiger partial charge in [0, 0.05) is 12.3 Å². The SMILES string of the molecule is C[CH]C(C)C(=O)CC1CC=C(C)C1(C)C. The summed E-state index contributed by atoms with van der Waals surface area (Å²) in [4.78, 5) is 11.9. The highest BCUT2D eigenvalue weighted by molar-refractivity contribution is 5.82. The second-order valence-corrected chi connectivity index (χ2v) is 5.33. The molecule has 0 aromatic heterocycles. The smallest absolute Gasteiger partial charge is 0.136 e. The first-order valence-electron chi connectivity index (χ1n) is 5.89. The van der Waals surface area contributed by atoms with Crippen LogP contribution in [-0.4, -0.2) is 5.78 Å². The molecule has 0 heterocycles. The molecule has 0 aromatic carbocycles. The van der Waals surface area contributed by atoms with E-state index in [9.17, 15) is 4.79 Å². The molecule has 1 rings (SSSR count). The van der Waals surface area contributed by atoms with Crippen molar-refractivity contribution in [2.45, 2.75) is 47.5 Å². The van der Waals surface area contributed by atoms with E-state index in [0.29, 0.717) is 11.7 Å². The highest BCUT2D eigenvalue weighted by atomic mass is 16.1. The van der Waals surface area contributed by atoms with Gasteiger partial charge in [0.15, 0.2) is 0 Å². The Morgan fingerprint density at radius 2 is 2.27 bits per heavy atom. The van der Waals surface area contributed by atoms with E-state index in [1.54, 1.807) is 0 Å². The monoisotopic (exact) mass is 207 g/mol. The number of allylic oxidation sites excluding steroid dienone is 2. The fourth-order valence-corrected chi connectivity index (χ4v) is 2.15. The average Bonchev–Trinajstić information content (AvgIpc) is 2.43. The second-order valence-electron chi connectivity index (χ2n) is 5.33. The Bertz CT molecular complexity index is 273. The molecule has 0 spiro atoms. The summed E-state index contributed by atoms with van der Waals surface area (Å²) < 4.78 is 0. The van der Waals surface area contributed by atoms with E-state index in [1.165, 1.54) is 5.57 Å². The summed E-state index contributed by atoms with van der Waals surface area (Å²) >= 11 is 0. The van der Waals surface area contributed by atoms with Crippen LogP contribution in [0.15, 0.2) is 11.6 Å². The molecule has 0 saturated heterocycles. The average molecular weight is 207 g/mol. The van der Waals surface area contributed by atoms with Crippen LogP contribution in [0.2, 0.25) is 0 Å². The zero-order valence-corrected chi connectivity index (χ0v) is 10.6. The highest BCUT2D eigenvalue weighted by Crippen LogP contribution is 2.44. The Morgan fingerprint density at radius 1 is 1.67 bits per heavy atom. The molecule has 0 saturated carbocycles. The van der Waals surface area contributed by atoms with Crippen molar-refractivity contribution in [3.05, 3.63) is 18.1 Å². The Morgan fingerprint density at radius 3 is 2.67 bits per heavy atom. The van der Waals surface area contributed by atoms with Crippen molar-refractivity contribution in [1.29, 1.82) is 0 Å². The van der Waals surface area contributed by atoms with E-state index in [0.717, 1.165) is 12.8 Å². The summed E-state index contributed by atoms with van der Waals surface area (Å²) in [6.45, 7) is 10.6. The van der Waals surface area contributed by atoms with Crippen LogP contribution >= 0.6 is 0 Å². The van der Waals surface area contributed by atoms with Crippen LogP contribution < -0.4 is 0 Å². The first-order valence-corrected chi connectivity index (χ1v) is 5.89. The minimum atomic E-state index is 0.113. The lowest BCUT2D eigenvalue weighted by atomic mass is 9.74. The molecule has 2 unspecified atom stereocenters. The fraction of sp³-hybridized carbons (Fsp3) is 0.714. The van der Waals surface area contributed by atoms with Gasteiger partial charge in [0.2, 0.25) is 0 Å². The van der Waals surface area contributed by atoms with Gasteiger partial charge in [0.1, 0.15) is 5.78 Å². The van der Waals surface area contributed by atoms with Crippen LogP contribution in [0, 0.1) is 23.7 Å². The molecule has 85 valence electrons. The van der Waals surface area contributed by atoms with Gasteiger partial charge in [-0.25, -0.2) is 0 Å². The predicted octanol–water partition coefficient (Wildman–Crippen LogP) is 3.80. The van der Waals surface area contributed by atoms with Crippen molar-refractivity contribution in [1.82, 2.24) is 0 Å². The Kier molecular flexibility index (Phi) is 3.75. The largest absolute Gasteiger partial charge is 0.299 e. The van der Waals surface area contributed by atoms with Crippen LogP contribution in [0.25, 0.3) is 0 Å². The molecule has 0 bridgehead atoms. The minimum absolute atomic E-state index is 0.113. The zero-order chi connectivity index (χ0) is 11.6. The topological polar surface area (TPSA) is 17.1 Å². The second kappa shape index (κ2) is 4.51. The molecule has 0 fully saturated rings. The molecular formula is C14H23O. The van der Waals surface area contributed by atoms with Gasteiger partial charge in [-0.3, -0.25) is 4.79 Å². The number of carbonyl (C=O) groups excluding carboxylic acids is 1. The summed E-state index contributed by atoms with van der Waals surface area (Å²) in [5.41, 5.74) is 1.65. The first kappa shape index (κ1) is 12.5. The molecule has 1 nitrogen and oxygen atoms in total. The van der Waals surface area contributed by atoms with Crippen molar-refractivity contribution >= 4 is 5.78 Å². The normalized spacial score (nSPS) is 26.2. The molecule has 0 N–H and O–H groups in total.